The Bertz CT molecular complexity index is 1080. The average Bonchev–Trinajstić information content (AvgIpc) is 3.09. The van der Waals surface area contributed by atoms with Crippen molar-refractivity contribution >= 4 is 11.3 Å². The van der Waals surface area contributed by atoms with Gasteiger partial charge in [0.2, 0.25) is 0 Å². The van der Waals surface area contributed by atoms with Crippen LogP contribution in [-0.4, -0.2) is 14.4 Å². The Labute approximate surface area is 152 Å². The summed E-state index contributed by atoms with van der Waals surface area (Å²) < 4.78 is 2.14. The van der Waals surface area contributed by atoms with Gasteiger partial charge in [-0.2, -0.15) is 0 Å². The van der Waals surface area contributed by atoms with Gasteiger partial charge < -0.3 is 5.73 Å². The predicted molar refractivity (Wildman–Crippen MR) is 104 cm³/mol. The van der Waals surface area contributed by atoms with Crippen molar-refractivity contribution in [3.05, 3.63) is 83.9 Å². The van der Waals surface area contributed by atoms with Crippen molar-refractivity contribution in [3.8, 4) is 11.3 Å². The number of nitrogens with two attached hydrogens (primary N) is 1. The van der Waals surface area contributed by atoms with E-state index in [-0.39, 0.29) is 5.92 Å². The van der Waals surface area contributed by atoms with Crippen LogP contribution in [0.2, 0.25) is 0 Å². The lowest BCUT2D eigenvalue weighted by molar-refractivity contribution is 0.589. The molecule has 26 heavy (non-hydrogen) atoms. The molecule has 5 rings (SSSR count). The third-order valence-electron chi connectivity index (χ3n) is 5.34. The van der Waals surface area contributed by atoms with Crippen molar-refractivity contribution in [2.45, 2.75) is 25.2 Å². The molecule has 4 heteroatoms. The van der Waals surface area contributed by atoms with E-state index in [4.69, 9.17) is 10.7 Å². The summed E-state index contributed by atoms with van der Waals surface area (Å²) in [6.07, 6.45) is 7.17. The number of aryl methyl sites for hydroxylation is 1. The van der Waals surface area contributed by atoms with Gasteiger partial charge in [0.05, 0.1) is 0 Å². The maximum atomic E-state index is 6.26. The van der Waals surface area contributed by atoms with Crippen LogP contribution in [-0.2, 0) is 6.42 Å². The molecule has 128 valence electrons. The van der Waals surface area contributed by atoms with E-state index in [9.17, 15) is 0 Å². The molecule has 0 amide bonds. The van der Waals surface area contributed by atoms with Gasteiger partial charge in [0.25, 0.3) is 0 Å². The summed E-state index contributed by atoms with van der Waals surface area (Å²) in [5, 5.41) is 0. The number of anilines is 1. The molecule has 2 aromatic carbocycles. The van der Waals surface area contributed by atoms with E-state index in [0.717, 1.165) is 35.4 Å². The van der Waals surface area contributed by atoms with Crippen molar-refractivity contribution < 1.29 is 0 Å². The highest BCUT2D eigenvalue weighted by Crippen LogP contribution is 2.39. The molecule has 4 nitrogen and oxygen atoms in total. The molecule has 0 aliphatic heterocycles. The molecule has 1 aliphatic rings. The van der Waals surface area contributed by atoms with Crippen LogP contribution in [0.15, 0.2) is 67.0 Å². The van der Waals surface area contributed by atoms with Crippen molar-refractivity contribution in [2.24, 2.45) is 0 Å². The van der Waals surface area contributed by atoms with Crippen molar-refractivity contribution in [1.29, 1.82) is 0 Å². The van der Waals surface area contributed by atoms with E-state index < -0.39 is 0 Å². The fourth-order valence-corrected chi connectivity index (χ4v) is 4.15. The number of aromatic nitrogens is 3. The SMILES string of the molecule is Nc1nccn2c(C3CCCc4ccccc43)nc(-c3ccccc3)c12. The second-order valence-corrected chi connectivity index (χ2v) is 6.86. The molecule has 2 N–H and O–H groups in total. The van der Waals surface area contributed by atoms with Crippen LogP contribution in [0.5, 0.6) is 0 Å². The standard InChI is InChI=1S/C22H20N4/c23-21-20-19(16-8-2-1-3-9-16)25-22(26(20)14-13-24-21)18-12-6-10-15-7-4-5-11-17(15)18/h1-5,7-9,11,13-14,18H,6,10,12H2,(H2,23,24). The number of fused-ring (bicyclic) bond motifs is 2. The largest absolute Gasteiger partial charge is 0.382 e. The minimum absolute atomic E-state index is 0.284. The number of imidazole rings is 1. The third-order valence-corrected chi connectivity index (χ3v) is 5.34. The van der Waals surface area contributed by atoms with Gasteiger partial charge in [0.15, 0.2) is 0 Å². The van der Waals surface area contributed by atoms with E-state index in [1.54, 1.807) is 6.20 Å². The second-order valence-electron chi connectivity index (χ2n) is 6.86. The van der Waals surface area contributed by atoms with E-state index in [0.29, 0.717) is 5.82 Å². The highest BCUT2D eigenvalue weighted by atomic mass is 15.1. The Balaban J connectivity index is 1.77. The normalized spacial score (nSPS) is 16.5. The zero-order valence-electron chi connectivity index (χ0n) is 14.5. The first-order valence-electron chi connectivity index (χ1n) is 9.08. The van der Waals surface area contributed by atoms with Gasteiger partial charge in [-0.15, -0.1) is 0 Å². The maximum absolute atomic E-state index is 6.26. The first-order valence-corrected chi connectivity index (χ1v) is 9.08. The van der Waals surface area contributed by atoms with Crippen LogP contribution in [0.4, 0.5) is 5.82 Å². The Hall–Kier alpha value is -3.14. The summed E-state index contributed by atoms with van der Waals surface area (Å²) in [7, 11) is 0. The van der Waals surface area contributed by atoms with E-state index in [2.05, 4.69) is 45.8 Å². The first kappa shape index (κ1) is 15.1. The summed E-state index contributed by atoms with van der Waals surface area (Å²) >= 11 is 0. The number of benzene rings is 2. The highest BCUT2D eigenvalue weighted by molar-refractivity contribution is 5.85. The maximum Gasteiger partial charge on any atom is 0.150 e. The van der Waals surface area contributed by atoms with Gasteiger partial charge in [-0.05, 0) is 30.4 Å². The zero-order chi connectivity index (χ0) is 17.5. The number of nitrogens with zero attached hydrogens (tertiary/aromatic N) is 3. The molecule has 0 radical (unpaired) electrons. The van der Waals surface area contributed by atoms with Crippen molar-refractivity contribution in [2.75, 3.05) is 5.73 Å². The molecule has 0 fully saturated rings. The van der Waals surface area contributed by atoms with Crippen LogP contribution in [0.3, 0.4) is 0 Å². The van der Waals surface area contributed by atoms with Gasteiger partial charge in [0, 0.05) is 23.9 Å². The number of hydrogen-bond donors (Lipinski definition) is 1. The van der Waals surface area contributed by atoms with Gasteiger partial charge in [-0.3, -0.25) is 4.40 Å². The molecule has 0 saturated heterocycles. The highest BCUT2D eigenvalue weighted by Gasteiger charge is 2.27. The smallest absolute Gasteiger partial charge is 0.150 e. The minimum atomic E-state index is 0.284. The molecular formula is C22H20N4. The molecule has 0 bridgehead atoms. The van der Waals surface area contributed by atoms with Crippen LogP contribution in [0.1, 0.15) is 35.7 Å². The molecule has 2 heterocycles. The molecular weight excluding hydrogens is 320 g/mol. The van der Waals surface area contributed by atoms with E-state index in [1.165, 1.54) is 17.5 Å². The lowest BCUT2D eigenvalue weighted by Gasteiger charge is -2.24. The summed E-state index contributed by atoms with van der Waals surface area (Å²) in [6, 6.07) is 19.0. The minimum Gasteiger partial charge on any atom is -0.382 e. The van der Waals surface area contributed by atoms with Gasteiger partial charge in [-0.1, -0.05) is 54.6 Å². The Morgan fingerprint density at radius 1 is 1.00 bits per heavy atom. The molecule has 4 aromatic rings. The van der Waals surface area contributed by atoms with Gasteiger partial charge >= 0.3 is 0 Å². The lowest BCUT2D eigenvalue weighted by atomic mass is 9.82. The zero-order valence-corrected chi connectivity index (χ0v) is 14.5. The molecule has 1 unspecified atom stereocenters. The van der Waals surface area contributed by atoms with Crippen LogP contribution < -0.4 is 5.73 Å². The molecule has 0 spiro atoms. The summed E-state index contributed by atoms with van der Waals surface area (Å²) in [4.78, 5) is 9.40. The first-order chi connectivity index (χ1) is 12.8. The summed E-state index contributed by atoms with van der Waals surface area (Å²) in [5.41, 5.74) is 12.0. The second kappa shape index (κ2) is 5.99. The Kier molecular flexibility index (Phi) is 3.49. The summed E-state index contributed by atoms with van der Waals surface area (Å²) in [5.74, 6) is 1.86. The fourth-order valence-electron chi connectivity index (χ4n) is 4.15. The Morgan fingerprint density at radius 2 is 1.81 bits per heavy atom. The average molecular weight is 340 g/mol. The molecule has 1 aliphatic carbocycles. The number of hydrogen-bond acceptors (Lipinski definition) is 3. The quantitative estimate of drug-likeness (QED) is 0.587. The predicted octanol–water partition coefficient (Wildman–Crippen LogP) is 4.45. The number of rotatable bonds is 2. The van der Waals surface area contributed by atoms with Crippen LogP contribution in [0.25, 0.3) is 16.8 Å². The third kappa shape index (κ3) is 2.30. The molecule has 0 saturated carbocycles. The Morgan fingerprint density at radius 3 is 2.69 bits per heavy atom. The van der Waals surface area contributed by atoms with E-state index in [1.807, 2.05) is 24.4 Å². The van der Waals surface area contributed by atoms with Gasteiger partial charge in [-0.25, -0.2) is 9.97 Å². The molecule has 1 atom stereocenters. The fraction of sp³-hybridized carbons (Fsp3) is 0.182. The van der Waals surface area contributed by atoms with E-state index >= 15 is 0 Å². The number of nitrogen functional groups attached to an aromatic ring is 1. The topological polar surface area (TPSA) is 56.2 Å². The molecule has 2 aromatic heterocycles. The van der Waals surface area contributed by atoms with Crippen LogP contribution >= 0.6 is 0 Å². The van der Waals surface area contributed by atoms with Gasteiger partial charge in [0.1, 0.15) is 22.9 Å². The lowest BCUT2D eigenvalue weighted by Crippen LogP contribution is -2.13. The van der Waals surface area contributed by atoms with Crippen molar-refractivity contribution in [3.63, 3.8) is 0 Å². The van der Waals surface area contributed by atoms with Crippen LogP contribution in [0, 0.1) is 0 Å². The monoisotopic (exact) mass is 340 g/mol. The summed E-state index contributed by atoms with van der Waals surface area (Å²) in [6.45, 7) is 0. The van der Waals surface area contributed by atoms with Crippen molar-refractivity contribution in [1.82, 2.24) is 14.4 Å².